The van der Waals surface area contributed by atoms with Crippen molar-refractivity contribution in [2.75, 3.05) is 13.7 Å². The Balaban J connectivity index is 2.32. The number of esters is 4. The Hall–Kier alpha value is -4.57. The highest BCUT2D eigenvalue weighted by Crippen LogP contribution is 2.30. The summed E-state index contributed by atoms with van der Waals surface area (Å²) in [5, 5.41) is 8.21. The van der Waals surface area contributed by atoms with Crippen LogP contribution in [-0.4, -0.2) is 98.0 Å². The first-order valence-electron chi connectivity index (χ1n) is 28.5. The zero-order valence-corrected chi connectivity index (χ0v) is 46.5. The average molecular weight is 1040 g/mol. The number of benzene rings is 1. The molecule has 1 aromatic carbocycles. The number of carbonyl (C=O) groups excluding carboxylic acids is 7. The first kappa shape index (κ1) is 65.5. The minimum Gasteiger partial charge on any atom is -0.461 e. The van der Waals surface area contributed by atoms with Gasteiger partial charge in [-0.3, -0.25) is 33.6 Å². The van der Waals surface area contributed by atoms with Gasteiger partial charge < -0.3 is 44.4 Å². The van der Waals surface area contributed by atoms with Crippen molar-refractivity contribution in [3.63, 3.8) is 0 Å². The van der Waals surface area contributed by atoms with Gasteiger partial charge in [-0.2, -0.15) is 0 Å². The maximum absolute atomic E-state index is 14.5. The smallest absolute Gasteiger partial charge is 0.306 e. The molecule has 0 bridgehead atoms. The van der Waals surface area contributed by atoms with E-state index < -0.39 is 91.0 Å². The molecular weight excluding hydrogens is 947 g/mol. The van der Waals surface area contributed by atoms with E-state index in [1.165, 1.54) is 117 Å². The van der Waals surface area contributed by atoms with E-state index in [2.05, 4.69) is 29.8 Å². The Morgan fingerprint density at radius 2 is 0.959 bits per heavy atom. The molecule has 0 saturated carbocycles. The average Bonchev–Trinajstić information content (AvgIpc) is 3.37. The third kappa shape index (κ3) is 29.5. The lowest BCUT2D eigenvalue weighted by molar-refractivity contribution is -0.301. The number of unbranched alkanes of at least 4 members (excludes halogenated alkanes) is 22. The molecule has 16 nitrogen and oxygen atoms in total. The van der Waals surface area contributed by atoms with Gasteiger partial charge in [-0.25, -0.2) is 0 Å². The van der Waals surface area contributed by atoms with Crippen molar-refractivity contribution >= 4 is 41.6 Å². The Morgan fingerprint density at radius 1 is 0.527 bits per heavy atom. The van der Waals surface area contributed by atoms with E-state index in [-0.39, 0.29) is 25.4 Å². The molecular formula is C58H97N3O13. The van der Waals surface area contributed by atoms with E-state index in [0.29, 0.717) is 12.8 Å². The third-order valence-corrected chi connectivity index (χ3v) is 13.6. The number of hydrogen-bond acceptors (Lipinski definition) is 13. The van der Waals surface area contributed by atoms with Crippen molar-refractivity contribution in [3.8, 4) is 0 Å². The fourth-order valence-electron chi connectivity index (χ4n) is 9.43. The van der Waals surface area contributed by atoms with E-state index in [0.717, 1.165) is 70.8 Å². The standard InChI is InChI=1S/C58H97N3O13/c1-8-10-12-14-16-18-20-22-24-26-28-33-37-48(38-34-29-27-25-23-21-19-17-15-13-11-9-2)55(66)61-50(57(68)60-49(56(67)59-7)39-40-51(65)69-41-47-35-31-30-32-36-47)42-70-58-54(74-46(6)64)53(73-45(5)63)52(43(3)71-58)72-44(4)62/h30-32,35-36,43,48-50,52-54,58H,8-29,33-34,37-42H2,1-7H3,(H,59,67)(H,60,68)(H,61,66)/t43-,49+,50-,52+,53+,54-,58-/m0/s1. The zero-order chi connectivity index (χ0) is 54.4. The molecule has 0 unspecified atom stereocenters. The van der Waals surface area contributed by atoms with Crippen LogP contribution >= 0.6 is 0 Å². The SMILES string of the molecule is CCCCCCCCCCCCCCC(CCCCCCCCCCCCCC)C(=O)N[C@@H](CO[C@H]1O[C@@H](C)[C@@H](OC(C)=O)[C@@H](OC(C)=O)[C@@H]1OC(C)=O)C(=O)N[C@H](CCC(=O)OCc1ccccc1)C(=O)NC. The van der Waals surface area contributed by atoms with Crippen molar-refractivity contribution in [3.05, 3.63) is 35.9 Å². The van der Waals surface area contributed by atoms with Gasteiger partial charge in [-0.15, -0.1) is 0 Å². The number of likely N-dealkylation sites (N-methyl/N-ethyl adjacent to an activating group) is 1. The minimum atomic E-state index is -1.47. The molecule has 3 N–H and O–H groups in total. The summed E-state index contributed by atoms with van der Waals surface area (Å²) >= 11 is 0. The summed E-state index contributed by atoms with van der Waals surface area (Å²) in [6.45, 7) is 9.00. The van der Waals surface area contributed by atoms with E-state index >= 15 is 0 Å². The summed E-state index contributed by atoms with van der Waals surface area (Å²) in [7, 11) is 1.41. The first-order chi connectivity index (χ1) is 35.7. The highest BCUT2D eigenvalue weighted by molar-refractivity contribution is 5.92. The molecule has 7 atom stereocenters. The fraction of sp³-hybridized carbons (Fsp3) is 0.776. The molecule has 0 aliphatic carbocycles. The van der Waals surface area contributed by atoms with Crippen LogP contribution in [0.4, 0.5) is 0 Å². The maximum atomic E-state index is 14.5. The molecule has 0 radical (unpaired) electrons. The maximum Gasteiger partial charge on any atom is 0.306 e. The number of hydrogen-bond donors (Lipinski definition) is 3. The zero-order valence-electron chi connectivity index (χ0n) is 46.5. The van der Waals surface area contributed by atoms with E-state index in [9.17, 15) is 33.6 Å². The summed E-state index contributed by atoms with van der Waals surface area (Å²) in [4.78, 5) is 92.1. The molecule has 1 aliphatic heterocycles. The molecule has 74 heavy (non-hydrogen) atoms. The van der Waals surface area contributed by atoms with E-state index in [4.69, 9.17) is 28.4 Å². The molecule has 1 saturated heterocycles. The quantitative estimate of drug-likeness (QED) is 0.0316. The van der Waals surface area contributed by atoms with Crippen molar-refractivity contribution in [2.45, 2.75) is 271 Å². The second kappa shape index (κ2) is 40.7. The van der Waals surface area contributed by atoms with Gasteiger partial charge in [0.25, 0.3) is 0 Å². The molecule has 1 heterocycles. The summed E-state index contributed by atoms with van der Waals surface area (Å²) in [6, 6.07) is 6.53. The topological polar surface area (TPSA) is 211 Å². The lowest BCUT2D eigenvalue weighted by Crippen LogP contribution is -2.62. The monoisotopic (exact) mass is 1040 g/mol. The molecule has 1 fully saturated rings. The van der Waals surface area contributed by atoms with Gasteiger partial charge in [0.05, 0.1) is 12.7 Å². The van der Waals surface area contributed by atoms with Crippen molar-refractivity contribution in [1.29, 1.82) is 0 Å². The van der Waals surface area contributed by atoms with Gasteiger partial charge in [0, 0.05) is 40.2 Å². The second-order valence-electron chi connectivity index (χ2n) is 20.2. The molecule has 3 amide bonds. The number of ether oxygens (including phenoxy) is 6. The molecule has 2 rings (SSSR count). The van der Waals surface area contributed by atoms with Crippen molar-refractivity contribution < 1.29 is 62.0 Å². The third-order valence-electron chi connectivity index (χ3n) is 13.6. The van der Waals surface area contributed by atoms with Crippen LogP contribution < -0.4 is 16.0 Å². The highest BCUT2D eigenvalue weighted by Gasteiger charge is 2.51. The normalized spacial score (nSPS) is 18.2. The number of amides is 3. The highest BCUT2D eigenvalue weighted by atomic mass is 16.7. The minimum absolute atomic E-state index is 0.0396. The van der Waals surface area contributed by atoms with Crippen LogP contribution in [0.5, 0.6) is 0 Å². The van der Waals surface area contributed by atoms with Gasteiger partial charge in [-0.1, -0.05) is 198 Å². The van der Waals surface area contributed by atoms with Crippen LogP contribution in [0.25, 0.3) is 0 Å². The fourth-order valence-corrected chi connectivity index (χ4v) is 9.43. The first-order valence-corrected chi connectivity index (χ1v) is 28.5. The Bertz CT molecular complexity index is 1700. The Kier molecular flexibility index (Phi) is 36.1. The summed E-state index contributed by atoms with van der Waals surface area (Å²) in [5.41, 5.74) is 0.792. The van der Waals surface area contributed by atoms with E-state index in [1.807, 2.05) is 30.3 Å². The molecule has 1 aromatic rings. The van der Waals surface area contributed by atoms with Crippen molar-refractivity contribution in [1.82, 2.24) is 16.0 Å². The number of carbonyl (C=O) groups is 7. The molecule has 0 aromatic heterocycles. The Morgan fingerprint density at radius 3 is 1.42 bits per heavy atom. The summed E-state index contributed by atoms with van der Waals surface area (Å²) in [5.74, 6) is -4.90. The van der Waals surface area contributed by atoms with Crippen molar-refractivity contribution in [2.24, 2.45) is 5.92 Å². The summed E-state index contributed by atoms with van der Waals surface area (Å²) < 4.78 is 34.3. The molecule has 422 valence electrons. The lowest BCUT2D eigenvalue weighted by Gasteiger charge is -2.43. The van der Waals surface area contributed by atoms with Gasteiger partial charge in [0.1, 0.15) is 18.7 Å². The van der Waals surface area contributed by atoms with Gasteiger partial charge >= 0.3 is 23.9 Å². The summed E-state index contributed by atoms with van der Waals surface area (Å²) in [6.07, 6.45) is 23.0. The predicted molar refractivity (Wildman–Crippen MR) is 285 cm³/mol. The van der Waals surface area contributed by atoms with Gasteiger partial charge in [-0.05, 0) is 31.7 Å². The largest absolute Gasteiger partial charge is 0.461 e. The number of rotatable bonds is 42. The van der Waals surface area contributed by atoms with Crippen LogP contribution in [-0.2, 0) is 68.6 Å². The van der Waals surface area contributed by atoms with Crippen LogP contribution in [0.1, 0.15) is 227 Å². The van der Waals surface area contributed by atoms with Gasteiger partial charge in [0.2, 0.25) is 17.7 Å². The van der Waals surface area contributed by atoms with Crippen LogP contribution in [0.15, 0.2) is 30.3 Å². The lowest BCUT2D eigenvalue weighted by atomic mass is 9.92. The van der Waals surface area contributed by atoms with Crippen LogP contribution in [0, 0.1) is 5.92 Å². The van der Waals surface area contributed by atoms with Gasteiger partial charge in [0.15, 0.2) is 24.6 Å². The van der Waals surface area contributed by atoms with E-state index in [1.54, 1.807) is 6.92 Å². The van der Waals surface area contributed by atoms with Crippen LogP contribution in [0.3, 0.4) is 0 Å². The molecule has 0 spiro atoms. The Labute approximate surface area is 444 Å². The number of nitrogens with one attached hydrogen (secondary N) is 3. The second-order valence-corrected chi connectivity index (χ2v) is 20.2. The molecule has 1 aliphatic rings. The molecule has 16 heteroatoms. The van der Waals surface area contributed by atoms with Crippen LogP contribution in [0.2, 0.25) is 0 Å². The predicted octanol–water partition coefficient (Wildman–Crippen LogP) is 10.6.